The van der Waals surface area contributed by atoms with E-state index in [0.717, 1.165) is 71.8 Å². The number of rotatable bonds is 3. The smallest absolute Gasteiger partial charge is 0.229 e. The molecule has 3 aliphatic heterocycles. The van der Waals surface area contributed by atoms with Crippen LogP contribution in [0.3, 0.4) is 0 Å². The summed E-state index contributed by atoms with van der Waals surface area (Å²) in [5.74, 6) is 3.16. The van der Waals surface area contributed by atoms with Crippen molar-refractivity contribution in [2.24, 2.45) is 0 Å². The SMILES string of the molecule is Cc1nc(C)nc(N2CCc3c([nH]c4ccc(Cl)cc34)C2c2ccc(N3C[C@@H]4C[C@H]3CO4)nc2)n1. The van der Waals surface area contributed by atoms with Crippen LogP contribution in [-0.2, 0) is 11.2 Å². The molecule has 0 aliphatic carbocycles. The van der Waals surface area contributed by atoms with E-state index in [1.165, 1.54) is 10.9 Å². The zero-order chi connectivity index (χ0) is 23.7. The lowest BCUT2D eigenvalue weighted by atomic mass is 9.93. The van der Waals surface area contributed by atoms with E-state index in [1.807, 2.05) is 26.1 Å². The molecule has 0 spiro atoms. The third-order valence-electron chi connectivity index (χ3n) is 7.47. The molecule has 4 aromatic rings. The monoisotopic (exact) mass is 487 g/mol. The fourth-order valence-electron chi connectivity index (χ4n) is 5.96. The Labute approximate surface area is 208 Å². The Hall–Kier alpha value is -3.23. The highest BCUT2D eigenvalue weighted by Gasteiger charge is 2.40. The Morgan fingerprint density at radius 2 is 1.91 bits per heavy atom. The second-order valence-corrected chi connectivity index (χ2v) is 10.2. The van der Waals surface area contributed by atoms with Gasteiger partial charge in [0.15, 0.2) is 0 Å². The van der Waals surface area contributed by atoms with Gasteiger partial charge in [-0.15, -0.1) is 0 Å². The summed E-state index contributed by atoms with van der Waals surface area (Å²) in [6.07, 6.45) is 4.32. The second-order valence-electron chi connectivity index (χ2n) is 9.73. The first-order valence-electron chi connectivity index (χ1n) is 12.1. The Balaban J connectivity index is 1.34. The number of nitrogens with zero attached hydrogens (tertiary/aromatic N) is 6. The molecule has 2 saturated heterocycles. The molecule has 6 heterocycles. The normalized spacial score (nSPS) is 23.3. The van der Waals surface area contributed by atoms with Gasteiger partial charge in [0.05, 0.1) is 24.8 Å². The minimum absolute atomic E-state index is 0.0916. The van der Waals surface area contributed by atoms with Crippen molar-refractivity contribution in [3.05, 3.63) is 70.0 Å². The fourth-order valence-corrected chi connectivity index (χ4v) is 6.13. The Kier molecular flexibility index (Phi) is 4.76. The number of aryl methyl sites for hydroxylation is 2. The number of anilines is 2. The van der Waals surface area contributed by atoms with Crippen LogP contribution < -0.4 is 9.80 Å². The maximum atomic E-state index is 6.36. The molecule has 7 rings (SSSR count). The lowest BCUT2D eigenvalue weighted by Gasteiger charge is -2.36. The molecule has 8 nitrogen and oxygen atoms in total. The molecule has 178 valence electrons. The molecular weight excluding hydrogens is 462 g/mol. The minimum atomic E-state index is -0.0916. The Morgan fingerprint density at radius 1 is 1.06 bits per heavy atom. The Bertz CT molecular complexity index is 1420. The van der Waals surface area contributed by atoms with Gasteiger partial charge in [-0.25, -0.2) is 9.97 Å². The van der Waals surface area contributed by atoms with E-state index in [9.17, 15) is 0 Å². The van der Waals surface area contributed by atoms with Crippen molar-refractivity contribution in [2.45, 2.75) is 44.9 Å². The largest absolute Gasteiger partial charge is 0.374 e. The van der Waals surface area contributed by atoms with E-state index in [1.54, 1.807) is 0 Å². The number of benzene rings is 1. The van der Waals surface area contributed by atoms with E-state index >= 15 is 0 Å². The quantitative estimate of drug-likeness (QED) is 0.464. The maximum Gasteiger partial charge on any atom is 0.229 e. The summed E-state index contributed by atoms with van der Waals surface area (Å²) in [4.78, 5) is 27.1. The molecule has 35 heavy (non-hydrogen) atoms. The standard InChI is InChI=1S/C26H26ClN7O/c1-14-29-15(2)31-26(30-14)33-8-7-20-21-9-17(27)4-5-22(21)32-24(20)25(33)16-3-6-23(28-11-16)34-12-19-10-18(34)13-35-19/h3-6,9,11,18-19,25,32H,7-8,10,12-13H2,1-2H3/t18-,19-,25?/m0/s1. The van der Waals surface area contributed by atoms with Crippen molar-refractivity contribution in [2.75, 3.05) is 29.5 Å². The minimum Gasteiger partial charge on any atom is -0.374 e. The van der Waals surface area contributed by atoms with Crippen LogP contribution in [0.5, 0.6) is 0 Å². The van der Waals surface area contributed by atoms with E-state index < -0.39 is 0 Å². The van der Waals surface area contributed by atoms with Gasteiger partial charge in [0.2, 0.25) is 5.95 Å². The summed E-state index contributed by atoms with van der Waals surface area (Å²) in [7, 11) is 0. The van der Waals surface area contributed by atoms with Gasteiger partial charge >= 0.3 is 0 Å². The molecule has 3 aromatic heterocycles. The predicted molar refractivity (Wildman–Crippen MR) is 135 cm³/mol. The molecule has 1 N–H and O–H groups in total. The van der Waals surface area contributed by atoms with Crippen molar-refractivity contribution >= 4 is 34.3 Å². The van der Waals surface area contributed by atoms with Crippen molar-refractivity contribution in [1.29, 1.82) is 0 Å². The van der Waals surface area contributed by atoms with Crippen LogP contribution in [-0.4, -0.2) is 56.8 Å². The molecule has 0 saturated carbocycles. The van der Waals surface area contributed by atoms with Gasteiger partial charge in [0.1, 0.15) is 17.5 Å². The van der Waals surface area contributed by atoms with Gasteiger partial charge in [0.25, 0.3) is 0 Å². The highest BCUT2D eigenvalue weighted by Crippen LogP contribution is 2.41. The number of H-pyrrole nitrogens is 1. The highest BCUT2D eigenvalue weighted by molar-refractivity contribution is 6.31. The molecule has 0 radical (unpaired) electrons. The molecule has 0 amide bonds. The molecule has 2 bridgehead atoms. The maximum absolute atomic E-state index is 6.36. The first-order chi connectivity index (χ1) is 17.0. The van der Waals surface area contributed by atoms with Crippen LogP contribution >= 0.6 is 11.6 Å². The molecule has 3 atom stereocenters. The lowest BCUT2D eigenvalue weighted by molar-refractivity contribution is 0.0989. The van der Waals surface area contributed by atoms with Gasteiger partial charge in [-0.2, -0.15) is 9.97 Å². The topological polar surface area (TPSA) is 83.1 Å². The number of morpholine rings is 1. The predicted octanol–water partition coefficient (Wildman–Crippen LogP) is 4.15. The van der Waals surface area contributed by atoms with Crippen molar-refractivity contribution in [3.63, 3.8) is 0 Å². The summed E-state index contributed by atoms with van der Waals surface area (Å²) in [5.41, 5.74) is 4.63. The highest BCUT2D eigenvalue weighted by atomic mass is 35.5. The van der Waals surface area contributed by atoms with E-state index in [2.05, 4.69) is 44.0 Å². The lowest BCUT2D eigenvalue weighted by Crippen LogP contribution is -2.38. The third kappa shape index (κ3) is 3.46. The van der Waals surface area contributed by atoms with Crippen LogP contribution in [0, 0.1) is 13.8 Å². The van der Waals surface area contributed by atoms with E-state index in [4.69, 9.17) is 31.3 Å². The van der Waals surface area contributed by atoms with Crippen LogP contribution in [0.2, 0.25) is 5.02 Å². The molecular formula is C26H26ClN7O. The average Bonchev–Trinajstić information content (AvgIpc) is 3.57. The van der Waals surface area contributed by atoms with Crippen LogP contribution in [0.15, 0.2) is 36.5 Å². The summed E-state index contributed by atoms with van der Waals surface area (Å²) in [5, 5.41) is 1.93. The number of fused-ring (bicyclic) bond motifs is 5. The van der Waals surface area contributed by atoms with Crippen molar-refractivity contribution in [1.82, 2.24) is 24.9 Å². The van der Waals surface area contributed by atoms with Gasteiger partial charge in [0, 0.05) is 40.9 Å². The van der Waals surface area contributed by atoms with Gasteiger partial charge in [-0.05, 0) is 62.1 Å². The van der Waals surface area contributed by atoms with Crippen LogP contribution in [0.1, 0.15) is 40.9 Å². The molecule has 2 fully saturated rings. The molecule has 1 unspecified atom stereocenters. The zero-order valence-electron chi connectivity index (χ0n) is 19.7. The number of aromatic nitrogens is 5. The van der Waals surface area contributed by atoms with E-state index in [0.29, 0.717) is 18.1 Å². The molecule has 9 heteroatoms. The number of aromatic amines is 1. The number of nitrogens with one attached hydrogen (secondary N) is 1. The number of halogens is 1. The first kappa shape index (κ1) is 21.1. The van der Waals surface area contributed by atoms with Crippen LogP contribution in [0.4, 0.5) is 11.8 Å². The third-order valence-corrected chi connectivity index (χ3v) is 7.71. The van der Waals surface area contributed by atoms with Gasteiger partial charge in [-0.3, -0.25) is 0 Å². The van der Waals surface area contributed by atoms with Crippen LogP contribution in [0.25, 0.3) is 10.9 Å². The summed E-state index contributed by atoms with van der Waals surface area (Å²) < 4.78 is 5.77. The van der Waals surface area contributed by atoms with Gasteiger partial charge in [-0.1, -0.05) is 17.7 Å². The summed E-state index contributed by atoms with van der Waals surface area (Å²) in [6.45, 7) is 6.33. The van der Waals surface area contributed by atoms with Crippen molar-refractivity contribution in [3.8, 4) is 0 Å². The van der Waals surface area contributed by atoms with E-state index in [-0.39, 0.29) is 6.04 Å². The van der Waals surface area contributed by atoms with Crippen molar-refractivity contribution < 1.29 is 4.74 Å². The first-order valence-corrected chi connectivity index (χ1v) is 12.5. The number of pyridine rings is 1. The summed E-state index contributed by atoms with van der Waals surface area (Å²) in [6, 6.07) is 10.7. The summed E-state index contributed by atoms with van der Waals surface area (Å²) >= 11 is 6.36. The molecule has 1 aromatic carbocycles. The van der Waals surface area contributed by atoms with Gasteiger partial charge < -0.3 is 19.5 Å². The fraction of sp³-hybridized carbons (Fsp3) is 0.385. The zero-order valence-corrected chi connectivity index (χ0v) is 20.5. The average molecular weight is 488 g/mol. The Morgan fingerprint density at radius 3 is 2.63 bits per heavy atom. The number of hydrogen-bond acceptors (Lipinski definition) is 7. The number of hydrogen-bond donors (Lipinski definition) is 1. The second kappa shape index (κ2) is 7.90. The number of ether oxygens (including phenoxy) is 1. The molecule has 3 aliphatic rings.